The van der Waals surface area contributed by atoms with Crippen molar-refractivity contribution in [1.29, 1.82) is 0 Å². The fraction of sp³-hybridized carbons (Fsp3) is 0.538. The molecule has 2 heteroatoms. The fourth-order valence-corrected chi connectivity index (χ4v) is 1.46. The van der Waals surface area contributed by atoms with Crippen LogP contribution < -0.4 is 4.74 Å². The van der Waals surface area contributed by atoms with Crippen molar-refractivity contribution >= 4 is 0 Å². The molecule has 1 atom stereocenters. The quantitative estimate of drug-likeness (QED) is 0.823. The lowest BCUT2D eigenvalue weighted by Crippen LogP contribution is -2.20. The zero-order chi connectivity index (χ0) is 11.5. The van der Waals surface area contributed by atoms with Crippen LogP contribution in [0.2, 0.25) is 0 Å². The van der Waals surface area contributed by atoms with E-state index in [2.05, 4.69) is 20.8 Å². The fourth-order valence-electron chi connectivity index (χ4n) is 1.46. The molecule has 1 aromatic carbocycles. The highest BCUT2D eigenvalue weighted by molar-refractivity contribution is 5.30. The lowest BCUT2D eigenvalue weighted by atomic mass is 9.80. The highest BCUT2D eigenvalue weighted by atomic mass is 16.5. The first-order valence-electron chi connectivity index (χ1n) is 5.33. The van der Waals surface area contributed by atoms with Crippen molar-refractivity contribution in [2.45, 2.75) is 33.3 Å². The lowest BCUT2D eigenvalue weighted by molar-refractivity contribution is 0.0464. The van der Waals surface area contributed by atoms with Gasteiger partial charge in [-0.1, -0.05) is 32.9 Å². The van der Waals surface area contributed by atoms with Crippen LogP contribution in [0.5, 0.6) is 5.75 Å². The maximum absolute atomic E-state index is 10.2. The second kappa shape index (κ2) is 4.67. The minimum atomic E-state index is -0.447. The Balaban J connectivity index is 2.95. The highest BCUT2D eigenvalue weighted by Gasteiger charge is 2.27. The zero-order valence-corrected chi connectivity index (χ0v) is 9.95. The van der Waals surface area contributed by atoms with Gasteiger partial charge < -0.3 is 9.84 Å². The summed E-state index contributed by atoms with van der Waals surface area (Å²) in [6.45, 7) is 6.22. The van der Waals surface area contributed by atoms with Gasteiger partial charge in [0.15, 0.2) is 0 Å². The Kier molecular flexibility index (Phi) is 3.75. The summed E-state index contributed by atoms with van der Waals surface area (Å²) in [4.78, 5) is 0. The molecule has 84 valence electrons. The molecule has 0 spiro atoms. The summed E-state index contributed by atoms with van der Waals surface area (Å²) >= 11 is 0. The predicted octanol–water partition coefficient (Wildman–Crippen LogP) is 3.16. The Bertz CT molecular complexity index is 318. The second-order valence-corrected chi connectivity index (χ2v) is 4.52. The van der Waals surface area contributed by atoms with Crippen LogP contribution in [0.3, 0.4) is 0 Å². The van der Waals surface area contributed by atoms with Gasteiger partial charge in [0.1, 0.15) is 5.75 Å². The lowest BCUT2D eigenvalue weighted by Gasteiger charge is -2.29. The maximum Gasteiger partial charge on any atom is 0.119 e. The van der Waals surface area contributed by atoms with Gasteiger partial charge in [0, 0.05) is 0 Å². The number of hydrogen-bond donors (Lipinski definition) is 1. The van der Waals surface area contributed by atoms with E-state index in [9.17, 15) is 5.11 Å². The molecule has 0 aliphatic rings. The summed E-state index contributed by atoms with van der Waals surface area (Å²) in [5.74, 6) is 0.790. The molecule has 0 bridgehead atoms. The van der Waals surface area contributed by atoms with E-state index in [-0.39, 0.29) is 5.41 Å². The molecule has 0 amide bonds. The van der Waals surface area contributed by atoms with Gasteiger partial charge in [0.05, 0.1) is 13.2 Å². The summed E-state index contributed by atoms with van der Waals surface area (Å²) in [6.07, 6.45) is 0.489. The van der Waals surface area contributed by atoms with Gasteiger partial charge in [0.25, 0.3) is 0 Å². The highest BCUT2D eigenvalue weighted by Crippen LogP contribution is 2.36. The molecule has 0 saturated heterocycles. The van der Waals surface area contributed by atoms with Gasteiger partial charge in [-0.3, -0.25) is 0 Å². The predicted molar refractivity (Wildman–Crippen MR) is 62.0 cm³/mol. The number of hydrogen-bond acceptors (Lipinski definition) is 2. The smallest absolute Gasteiger partial charge is 0.119 e. The van der Waals surface area contributed by atoms with Crippen LogP contribution in [0.4, 0.5) is 0 Å². The summed E-state index contributed by atoms with van der Waals surface area (Å²) in [7, 11) is 1.64. The number of ether oxygens (including phenoxy) is 1. The molecule has 0 aromatic heterocycles. The normalized spacial score (nSPS) is 13.7. The molecule has 0 aliphatic carbocycles. The van der Waals surface area contributed by atoms with Gasteiger partial charge in [-0.05, 0) is 29.5 Å². The molecule has 0 radical (unpaired) electrons. The first-order chi connectivity index (χ1) is 7.01. The summed E-state index contributed by atoms with van der Waals surface area (Å²) in [6, 6.07) is 7.62. The SMILES string of the molecule is CCC(C)(C)C(O)c1cccc(OC)c1. The van der Waals surface area contributed by atoms with Crippen LogP contribution >= 0.6 is 0 Å². The molecule has 1 aromatic rings. The topological polar surface area (TPSA) is 29.5 Å². The van der Waals surface area contributed by atoms with Crippen molar-refractivity contribution in [3.05, 3.63) is 29.8 Å². The molecule has 0 fully saturated rings. The van der Waals surface area contributed by atoms with Gasteiger partial charge in [0.2, 0.25) is 0 Å². The minimum Gasteiger partial charge on any atom is -0.497 e. The number of aliphatic hydroxyl groups excluding tert-OH is 1. The van der Waals surface area contributed by atoms with E-state index in [0.29, 0.717) is 0 Å². The molecular formula is C13H20O2. The number of rotatable bonds is 4. The van der Waals surface area contributed by atoms with Gasteiger partial charge in [-0.2, -0.15) is 0 Å². The standard InChI is InChI=1S/C13H20O2/c1-5-13(2,3)12(14)10-7-6-8-11(9-10)15-4/h6-9,12,14H,5H2,1-4H3. The van der Waals surface area contributed by atoms with Crippen molar-refractivity contribution in [3.8, 4) is 5.75 Å². The molecular weight excluding hydrogens is 188 g/mol. The average Bonchev–Trinajstić information content (AvgIpc) is 2.28. The molecule has 0 heterocycles. The van der Waals surface area contributed by atoms with Crippen LogP contribution in [0.1, 0.15) is 38.9 Å². The Morgan fingerprint density at radius 2 is 2.07 bits per heavy atom. The second-order valence-electron chi connectivity index (χ2n) is 4.52. The van der Waals surface area contributed by atoms with Crippen molar-refractivity contribution in [1.82, 2.24) is 0 Å². The molecule has 1 N–H and O–H groups in total. The number of benzene rings is 1. The van der Waals surface area contributed by atoms with E-state index in [1.165, 1.54) is 0 Å². The molecule has 2 nitrogen and oxygen atoms in total. The van der Waals surface area contributed by atoms with Crippen LogP contribution in [0.25, 0.3) is 0 Å². The molecule has 1 rings (SSSR count). The Labute approximate surface area is 91.9 Å². The summed E-state index contributed by atoms with van der Waals surface area (Å²) in [5.41, 5.74) is 0.813. The Morgan fingerprint density at radius 3 is 2.60 bits per heavy atom. The van der Waals surface area contributed by atoms with E-state index in [1.807, 2.05) is 24.3 Å². The third-order valence-corrected chi connectivity index (χ3v) is 3.06. The number of methoxy groups -OCH3 is 1. The van der Waals surface area contributed by atoms with Gasteiger partial charge in [-0.15, -0.1) is 0 Å². The van der Waals surface area contributed by atoms with Crippen molar-refractivity contribution in [2.75, 3.05) is 7.11 Å². The van der Waals surface area contributed by atoms with Gasteiger partial charge in [-0.25, -0.2) is 0 Å². The van der Waals surface area contributed by atoms with Crippen molar-refractivity contribution in [2.24, 2.45) is 5.41 Å². The van der Waals surface area contributed by atoms with E-state index in [4.69, 9.17) is 4.74 Å². The van der Waals surface area contributed by atoms with Crippen LogP contribution in [-0.2, 0) is 0 Å². The van der Waals surface area contributed by atoms with E-state index < -0.39 is 6.10 Å². The monoisotopic (exact) mass is 208 g/mol. The largest absolute Gasteiger partial charge is 0.497 e. The van der Waals surface area contributed by atoms with Crippen LogP contribution in [-0.4, -0.2) is 12.2 Å². The van der Waals surface area contributed by atoms with Crippen molar-refractivity contribution in [3.63, 3.8) is 0 Å². The third kappa shape index (κ3) is 2.72. The minimum absolute atomic E-state index is 0.105. The first kappa shape index (κ1) is 12.1. The number of aliphatic hydroxyl groups is 1. The van der Waals surface area contributed by atoms with E-state index in [0.717, 1.165) is 17.7 Å². The molecule has 0 saturated carbocycles. The van der Waals surface area contributed by atoms with Gasteiger partial charge >= 0.3 is 0 Å². The zero-order valence-electron chi connectivity index (χ0n) is 9.95. The summed E-state index contributed by atoms with van der Waals surface area (Å²) < 4.78 is 5.14. The van der Waals surface area contributed by atoms with Crippen LogP contribution in [0, 0.1) is 5.41 Å². The Hall–Kier alpha value is -1.02. The maximum atomic E-state index is 10.2. The Morgan fingerprint density at radius 1 is 1.40 bits per heavy atom. The van der Waals surface area contributed by atoms with Crippen LogP contribution in [0.15, 0.2) is 24.3 Å². The third-order valence-electron chi connectivity index (χ3n) is 3.06. The van der Waals surface area contributed by atoms with E-state index >= 15 is 0 Å². The van der Waals surface area contributed by atoms with E-state index in [1.54, 1.807) is 7.11 Å². The molecule has 1 unspecified atom stereocenters. The first-order valence-corrected chi connectivity index (χ1v) is 5.33. The van der Waals surface area contributed by atoms with Crippen molar-refractivity contribution < 1.29 is 9.84 Å². The summed E-state index contributed by atoms with van der Waals surface area (Å²) in [5, 5.41) is 10.2. The molecule has 15 heavy (non-hydrogen) atoms. The molecule has 0 aliphatic heterocycles. The average molecular weight is 208 g/mol.